The Bertz CT molecular complexity index is 181. The fourth-order valence-electron chi connectivity index (χ4n) is 2.29. The maximum atomic E-state index is 10.5. The largest absolute Gasteiger partial charge is 0.481 e. The summed E-state index contributed by atoms with van der Waals surface area (Å²) in [4.78, 5) is 10.5. The molecule has 0 aromatic rings. The van der Waals surface area contributed by atoms with Gasteiger partial charge in [0.2, 0.25) is 0 Å². The Balaban J connectivity index is 2.61. The van der Waals surface area contributed by atoms with Crippen LogP contribution in [0.4, 0.5) is 0 Å². The molecule has 0 heterocycles. The minimum absolute atomic E-state index is 0.130. The van der Waals surface area contributed by atoms with Crippen molar-refractivity contribution in [1.82, 2.24) is 0 Å². The number of carboxylic acid groups (broad SMARTS) is 1. The van der Waals surface area contributed by atoms with Crippen LogP contribution in [0.15, 0.2) is 0 Å². The number of hydrogen-bond donors (Lipinski definition) is 2. The molecule has 3 heteroatoms. The van der Waals surface area contributed by atoms with E-state index in [0.29, 0.717) is 5.92 Å². The highest BCUT2D eigenvalue weighted by Gasteiger charge is 2.39. The van der Waals surface area contributed by atoms with E-state index in [0.717, 1.165) is 25.7 Å². The molecule has 0 radical (unpaired) electrons. The van der Waals surface area contributed by atoms with E-state index in [1.54, 1.807) is 0 Å². The molecule has 2 unspecified atom stereocenters. The lowest BCUT2D eigenvalue weighted by Gasteiger charge is -2.28. The summed E-state index contributed by atoms with van der Waals surface area (Å²) in [7, 11) is 0. The lowest BCUT2D eigenvalue weighted by atomic mass is 9.83. The summed E-state index contributed by atoms with van der Waals surface area (Å²) in [6.45, 7) is 2.08. The molecular weight excluding hydrogens is 154 g/mol. The maximum Gasteiger partial charge on any atom is 0.305 e. The van der Waals surface area contributed by atoms with Gasteiger partial charge < -0.3 is 10.8 Å². The van der Waals surface area contributed by atoms with Crippen LogP contribution >= 0.6 is 0 Å². The third kappa shape index (κ3) is 1.78. The number of carboxylic acids is 1. The van der Waals surface area contributed by atoms with Crippen molar-refractivity contribution in [1.29, 1.82) is 0 Å². The van der Waals surface area contributed by atoms with Gasteiger partial charge in [-0.05, 0) is 18.8 Å². The van der Waals surface area contributed by atoms with Crippen molar-refractivity contribution in [3.63, 3.8) is 0 Å². The molecule has 1 fully saturated rings. The zero-order valence-corrected chi connectivity index (χ0v) is 7.55. The maximum absolute atomic E-state index is 10.5. The smallest absolute Gasteiger partial charge is 0.305 e. The van der Waals surface area contributed by atoms with E-state index in [2.05, 4.69) is 6.92 Å². The van der Waals surface area contributed by atoms with E-state index in [9.17, 15) is 4.79 Å². The Morgan fingerprint density at radius 2 is 2.42 bits per heavy atom. The summed E-state index contributed by atoms with van der Waals surface area (Å²) >= 11 is 0. The van der Waals surface area contributed by atoms with Crippen LogP contribution in [0.3, 0.4) is 0 Å². The van der Waals surface area contributed by atoms with Gasteiger partial charge in [-0.2, -0.15) is 0 Å². The van der Waals surface area contributed by atoms with Crippen LogP contribution in [-0.4, -0.2) is 16.6 Å². The van der Waals surface area contributed by atoms with Crippen molar-refractivity contribution in [2.75, 3.05) is 0 Å². The zero-order valence-electron chi connectivity index (χ0n) is 7.55. The predicted molar refractivity (Wildman–Crippen MR) is 46.8 cm³/mol. The van der Waals surface area contributed by atoms with E-state index in [4.69, 9.17) is 10.8 Å². The molecule has 2 atom stereocenters. The number of hydrogen-bond acceptors (Lipinski definition) is 2. The second-order valence-electron chi connectivity index (χ2n) is 3.80. The summed E-state index contributed by atoms with van der Waals surface area (Å²) in [5.41, 5.74) is 5.62. The molecule has 0 spiro atoms. The van der Waals surface area contributed by atoms with Crippen LogP contribution < -0.4 is 5.73 Å². The molecule has 3 nitrogen and oxygen atoms in total. The number of aliphatic carboxylic acids is 1. The van der Waals surface area contributed by atoms with E-state index < -0.39 is 11.5 Å². The van der Waals surface area contributed by atoms with Crippen LogP contribution in [0, 0.1) is 5.92 Å². The Kier molecular flexibility index (Phi) is 2.73. The average molecular weight is 171 g/mol. The zero-order chi connectivity index (χ0) is 9.19. The molecule has 1 aliphatic carbocycles. The summed E-state index contributed by atoms with van der Waals surface area (Å²) in [5, 5.41) is 8.67. The Morgan fingerprint density at radius 1 is 1.75 bits per heavy atom. The molecule has 1 aliphatic rings. The SMILES string of the molecule is CCC1CCCC1(N)CC(=O)O. The van der Waals surface area contributed by atoms with Gasteiger partial charge in [-0.3, -0.25) is 4.79 Å². The Labute approximate surface area is 72.9 Å². The normalized spacial score (nSPS) is 35.3. The first kappa shape index (κ1) is 9.52. The lowest BCUT2D eigenvalue weighted by molar-refractivity contribution is -0.138. The van der Waals surface area contributed by atoms with Gasteiger partial charge in [-0.25, -0.2) is 0 Å². The van der Waals surface area contributed by atoms with Crippen molar-refractivity contribution in [3.8, 4) is 0 Å². The molecule has 0 saturated heterocycles. The van der Waals surface area contributed by atoms with E-state index in [1.807, 2.05) is 0 Å². The van der Waals surface area contributed by atoms with Crippen LogP contribution in [0.25, 0.3) is 0 Å². The van der Waals surface area contributed by atoms with Crippen molar-refractivity contribution in [2.24, 2.45) is 11.7 Å². The third-order valence-electron chi connectivity index (χ3n) is 2.98. The second-order valence-corrected chi connectivity index (χ2v) is 3.80. The van der Waals surface area contributed by atoms with Crippen molar-refractivity contribution in [2.45, 2.75) is 44.6 Å². The van der Waals surface area contributed by atoms with E-state index >= 15 is 0 Å². The van der Waals surface area contributed by atoms with Gasteiger partial charge in [0.05, 0.1) is 6.42 Å². The number of nitrogens with two attached hydrogens (primary N) is 1. The van der Waals surface area contributed by atoms with Crippen molar-refractivity contribution < 1.29 is 9.90 Å². The standard InChI is InChI=1S/C9H17NO2/c1-2-7-4-3-5-9(7,10)6-8(11)12/h7H,2-6,10H2,1H3,(H,11,12). The summed E-state index contributed by atoms with van der Waals surface area (Å²) < 4.78 is 0. The highest BCUT2D eigenvalue weighted by molar-refractivity contribution is 5.68. The van der Waals surface area contributed by atoms with Crippen molar-refractivity contribution >= 4 is 5.97 Å². The van der Waals surface area contributed by atoms with Crippen molar-refractivity contribution in [3.05, 3.63) is 0 Å². The third-order valence-corrected chi connectivity index (χ3v) is 2.98. The molecule has 12 heavy (non-hydrogen) atoms. The van der Waals surface area contributed by atoms with Gasteiger partial charge in [0.15, 0.2) is 0 Å². The number of rotatable bonds is 3. The highest BCUT2D eigenvalue weighted by Crippen LogP contribution is 2.37. The lowest BCUT2D eigenvalue weighted by Crippen LogP contribution is -2.45. The second kappa shape index (κ2) is 3.44. The van der Waals surface area contributed by atoms with Crippen LogP contribution in [0.5, 0.6) is 0 Å². The van der Waals surface area contributed by atoms with Crippen LogP contribution in [0.2, 0.25) is 0 Å². The summed E-state index contributed by atoms with van der Waals surface area (Å²) in [6, 6.07) is 0. The summed E-state index contributed by atoms with van der Waals surface area (Å²) in [6.07, 6.45) is 4.19. The molecule has 1 saturated carbocycles. The molecule has 3 N–H and O–H groups in total. The quantitative estimate of drug-likeness (QED) is 0.674. The first-order chi connectivity index (χ1) is 5.58. The minimum atomic E-state index is -0.766. The van der Waals surface area contributed by atoms with Gasteiger partial charge in [-0.15, -0.1) is 0 Å². The molecular formula is C9H17NO2. The van der Waals surface area contributed by atoms with Gasteiger partial charge in [-0.1, -0.05) is 19.8 Å². The molecule has 0 amide bonds. The molecule has 0 aromatic heterocycles. The van der Waals surface area contributed by atoms with Gasteiger partial charge in [0.1, 0.15) is 0 Å². The monoisotopic (exact) mass is 171 g/mol. The fraction of sp³-hybridized carbons (Fsp3) is 0.889. The van der Waals surface area contributed by atoms with E-state index in [1.165, 1.54) is 0 Å². The minimum Gasteiger partial charge on any atom is -0.481 e. The molecule has 1 rings (SSSR count). The molecule has 0 aliphatic heterocycles. The Hall–Kier alpha value is -0.570. The Morgan fingerprint density at radius 3 is 2.92 bits per heavy atom. The molecule has 70 valence electrons. The fourth-order valence-corrected chi connectivity index (χ4v) is 2.29. The van der Waals surface area contributed by atoms with E-state index in [-0.39, 0.29) is 6.42 Å². The molecule has 0 aromatic carbocycles. The topological polar surface area (TPSA) is 63.3 Å². The van der Waals surface area contributed by atoms with Crippen LogP contribution in [-0.2, 0) is 4.79 Å². The predicted octanol–water partition coefficient (Wildman–Crippen LogP) is 1.37. The highest BCUT2D eigenvalue weighted by atomic mass is 16.4. The number of carbonyl (C=O) groups is 1. The first-order valence-corrected chi connectivity index (χ1v) is 4.59. The summed E-state index contributed by atoms with van der Waals surface area (Å²) in [5.74, 6) is -0.355. The van der Waals surface area contributed by atoms with Crippen LogP contribution in [0.1, 0.15) is 39.0 Å². The van der Waals surface area contributed by atoms with Gasteiger partial charge >= 0.3 is 5.97 Å². The van der Waals surface area contributed by atoms with Gasteiger partial charge in [0.25, 0.3) is 0 Å². The average Bonchev–Trinajstić information content (AvgIpc) is 2.28. The molecule has 0 bridgehead atoms. The van der Waals surface area contributed by atoms with Gasteiger partial charge in [0, 0.05) is 5.54 Å². The first-order valence-electron chi connectivity index (χ1n) is 4.59.